The van der Waals surface area contributed by atoms with Gasteiger partial charge in [-0.3, -0.25) is 9.69 Å². The Balaban J connectivity index is 1.88. The Bertz CT molecular complexity index is 279. The first kappa shape index (κ1) is 12.8. The van der Waals surface area contributed by atoms with Gasteiger partial charge >= 0.3 is 0 Å². The molecule has 1 saturated carbocycles. The first-order chi connectivity index (χ1) is 8.22. The number of aliphatic hydroxyl groups excluding tert-OH is 1. The number of nitrogens with zero attached hydrogens (tertiary/aromatic N) is 2. The summed E-state index contributed by atoms with van der Waals surface area (Å²) in [4.78, 5) is 16.5. The number of hydrogen-bond donors (Lipinski definition) is 2. The lowest BCUT2D eigenvalue weighted by molar-refractivity contribution is -0.136. The van der Waals surface area contributed by atoms with Crippen molar-refractivity contribution in [2.45, 2.75) is 19.3 Å². The Labute approximate surface area is 103 Å². The van der Waals surface area contributed by atoms with Gasteiger partial charge in [0.2, 0.25) is 5.91 Å². The third kappa shape index (κ3) is 2.78. The van der Waals surface area contributed by atoms with Crippen LogP contribution in [0.25, 0.3) is 0 Å². The largest absolute Gasteiger partial charge is 0.395 e. The van der Waals surface area contributed by atoms with Crippen LogP contribution in [0.2, 0.25) is 0 Å². The smallest absolute Gasteiger partial charge is 0.230 e. The number of aliphatic hydroxyl groups is 1. The topological polar surface area (TPSA) is 69.8 Å². The van der Waals surface area contributed by atoms with E-state index >= 15 is 0 Å². The van der Waals surface area contributed by atoms with Crippen LogP contribution in [0, 0.1) is 5.41 Å². The molecule has 1 aliphatic carbocycles. The molecule has 2 fully saturated rings. The fraction of sp³-hybridized carbons (Fsp3) is 0.917. The van der Waals surface area contributed by atoms with Crippen molar-refractivity contribution in [2.24, 2.45) is 11.1 Å². The van der Waals surface area contributed by atoms with Crippen molar-refractivity contribution in [3.05, 3.63) is 0 Å². The van der Waals surface area contributed by atoms with Gasteiger partial charge in [-0.15, -0.1) is 0 Å². The lowest BCUT2D eigenvalue weighted by Gasteiger charge is -2.25. The molecule has 3 N–H and O–H groups in total. The predicted molar refractivity (Wildman–Crippen MR) is 65.4 cm³/mol. The van der Waals surface area contributed by atoms with Crippen LogP contribution in [0.5, 0.6) is 0 Å². The Morgan fingerprint density at radius 3 is 2.59 bits per heavy atom. The molecule has 1 amide bonds. The molecule has 17 heavy (non-hydrogen) atoms. The summed E-state index contributed by atoms with van der Waals surface area (Å²) < 4.78 is 0. The third-order valence-electron chi connectivity index (χ3n) is 3.99. The van der Waals surface area contributed by atoms with Gasteiger partial charge in [0.15, 0.2) is 0 Å². The predicted octanol–water partition coefficient (Wildman–Crippen LogP) is -0.748. The average Bonchev–Trinajstić information content (AvgIpc) is 3.14. The molecule has 0 radical (unpaired) electrons. The zero-order valence-corrected chi connectivity index (χ0v) is 10.4. The first-order valence-corrected chi connectivity index (χ1v) is 6.54. The summed E-state index contributed by atoms with van der Waals surface area (Å²) in [5.74, 6) is 0.255. The number of carbonyl (C=O) groups excluding carboxylic acids is 1. The van der Waals surface area contributed by atoms with Gasteiger partial charge in [0.1, 0.15) is 0 Å². The van der Waals surface area contributed by atoms with Gasteiger partial charge in [-0.2, -0.15) is 0 Å². The van der Waals surface area contributed by atoms with Crippen molar-refractivity contribution >= 4 is 5.91 Å². The minimum absolute atomic E-state index is 0.195. The maximum atomic E-state index is 12.3. The monoisotopic (exact) mass is 241 g/mol. The van der Waals surface area contributed by atoms with Crippen molar-refractivity contribution in [3.8, 4) is 0 Å². The molecule has 5 heteroatoms. The van der Waals surface area contributed by atoms with E-state index in [1.165, 1.54) is 0 Å². The zero-order chi connectivity index (χ0) is 12.3. The molecule has 0 unspecified atom stereocenters. The van der Waals surface area contributed by atoms with Gasteiger partial charge in [-0.05, 0) is 25.8 Å². The maximum absolute atomic E-state index is 12.3. The highest BCUT2D eigenvalue weighted by Gasteiger charge is 2.50. The van der Waals surface area contributed by atoms with Crippen molar-refractivity contribution in [1.82, 2.24) is 9.80 Å². The van der Waals surface area contributed by atoms with E-state index in [9.17, 15) is 4.79 Å². The third-order valence-corrected chi connectivity index (χ3v) is 3.99. The lowest BCUT2D eigenvalue weighted by atomic mass is 10.1. The molecule has 0 bridgehead atoms. The second-order valence-electron chi connectivity index (χ2n) is 5.20. The molecular formula is C12H23N3O2. The molecule has 0 atom stereocenters. The molecule has 1 heterocycles. The van der Waals surface area contributed by atoms with Gasteiger partial charge in [0.05, 0.1) is 12.0 Å². The van der Waals surface area contributed by atoms with Gasteiger partial charge in [0, 0.05) is 32.7 Å². The van der Waals surface area contributed by atoms with Crippen LogP contribution in [0.4, 0.5) is 0 Å². The summed E-state index contributed by atoms with van der Waals surface area (Å²) >= 11 is 0. The molecule has 0 spiro atoms. The number of carbonyl (C=O) groups is 1. The first-order valence-electron chi connectivity index (χ1n) is 6.54. The summed E-state index contributed by atoms with van der Waals surface area (Å²) in [5, 5.41) is 8.92. The minimum atomic E-state index is -0.216. The normalized spacial score (nSPS) is 24.5. The molecule has 5 nitrogen and oxygen atoms in total. The molecule has 2 rings (SSSR count). The van der Waals surface area contributed by atoms with Crippen molar-refractivity contribution in [3.63, 3.8) is 0 Å². The Morgan fingerprint density at radius 1 is 1.24 bits per heavy atom. The summed E-state index contributed by atoms with van der Waals surface area (Å²) in [5.41, 5.74) is 5.48. The molecular weight excluding hydrogens is 218 g/mol. The maximum Gasteiger partial charge on any atom is 0.230 e. The lowest BCUT2D eigenvalue weighted by Crippen LogP contribution is -2.42. The zero-order valence-electron chi connectivity index (χ0n) is 10.4. The van der Waals surface area contributed by atoms with E-state index in [4.69, 9.17) is 10.8 Å². The number of nitrogens with two attached hydrogens (primary N) is 1. The molecule has 1 saturated heterocycles. The van der Waals surface area contributed by atoms with Crippen LogP contribution in [0.3, 0.4) is 0 Å². The van der Waals surface area contributed by atoms with Gasteiger partial charge in [-0.1, -0.05) is 0 Å². The summed E-state index contributed by atoms with van der Waals surface area (Å²) in [6, 6.07) is 0. The van der Waals surface area contributed by atoms with E-state index in [-0.39, 0.29) is 17.9 Å². The molecule has 98 valence electrons. The van der Waals surface area contributed by atoms with Crippen LogP contribution < -0.4 is 5.73 Å². The minimum Gasteiger partial charge on any atom is -0.395 e. The number of β-amino-alcohol motifs (C(OH)–C–C–N with tert-alkyl or cyclic N) is 1. The molecule has 1 aliphatic heterocycles. The highest BCUT2D eigenvalue weighted by Crippen LogP contribution is 2.46. The summed E-state index contributed by atoms with van der Waals surface area (Å²) in [6.07, 6.45) is 2.91. The van der Waals surface area contributed by atoms with Gasteiger partial charge < -0.3 is 15.7 Å². The molecule has 0 aromatic rings. The van der Waals surface area contributed by atoms with Crippen LogP contribution in [-0.4, -0.2) is 66.7 Å². The highest BCUT2D eigenvalue weighted by molar-refractivity contribution is 5.85. The Morgan fingerprint density at radius 2 is 2.00 bits per heavy atom. The van der Waals surface area contributed by atoms with Crippen molar-refractivity contribution in [2.75, 3.05) is 45.9 Å². The summed E-state index contributed by atoms with van der Waals surface area (Å²) in [7, 11) is 0. The average molecular weight is 241 g/mol. The van der Waals surface area contributed by atoms with E-state index in [2.05, 4.69) is 4.90 Å². The molecule has 2 aliphatic rings. The fourth-order valence-electron chi connectivity index (χ4n) is 2.53. The second kappa shape index (κ2) is 5.33. The van der Waals surface area contributed by atoms with E-state index in [1.807, 2.05) is 4.90 Å². The standard InChI is InChI=1S/C12H23N3O2/c13-10-12(2-3-12)11(17)15-5-1-4-14(6-7-15)8-9-16/h16H,1-10,13H2. The van der Waals surface area contributed by atoms with Crippen LogP contribution in [-0.2, 0) is 4.79 Å². The number of hydrogen-bond acceptors (Lipinski definition) is 4. The van der Waals surface area contributed by atoms with Crippen LogP contribution in [0.15, 0.2) is 0 Å². The number of rotatable bonds is 4. The summed E-state index contributed by atoms with van der Waals surface area (Å²) in [6.45, 7) is 4.85. The Kier molecular flexibility index (Phi) is 4.01. The van der Waals surface area contributed by atoms with Crippen molar-refractivity contribution in [1.29, 1.82) is 0 Å². The number of amides is 1. The molecule has 0 aromatic heterocycles. The van der Waals surface area contributed by atoms with E-state index in [0.29, 0.717) is 13.1 Å². The van der Waals surface area contributed by atoms with Crippen LogP contribution in [0.1, 0.15) is 19.3 Å². The fourth-order valence-corrected chi connectivity index (χ4v) is 2.53. The SMILES string of the molecule is NCC1(C(=O)N2CCCN(CCO)CC2)CC1. The van der Waals surface area contributed by atoms with Crippen LogP contribution >= 0.6 is 0 Å². The van der Waals surface area contributed by atoms with E-state index < -0.39 is 0 Å². The highest BCUT2D eigenvalue weighted by atomic mass is 16.3. The quantitative estimate of drug-likeness (QED) is 0.679. The van der Waals surface area contributed by atoms with Gasteiger partial charge in [0.25, 0.3) is 0 Å². The van der Waals surface area contributed by atoms with E-state index in [1.54, 1.807) is 0 Å². The molecule has 0 aromatic carbocycles. The Hall–Kier alpha value is -0.650. The van der Waals surface area contributed by atoms with Crippen molar-refractivity contribution < 1.29 is 9.90 Å². The van der Waals surface area contributed by atoms with Gasteiger partial charge in [-0.25, -0.2) is 0 Å². The second-order valence-corrected chi connectivity index (χ2v) is 5.20. The van der Waals surface area contributed by atoms with E-state index in [0.717, 1.165) is 45.4 Å².